The van der Waals surface area contributed by atoms with Gasteiger partial charge >= 0.3 is 5.97 Å². The van der Waals surface area contributed by atoms with Crippen molar-refractivity contribution in [1.82, 2.24) is 0 Å². The average molecular weight is 697 g/mol. The molecule has 1 atom stereocenters. The van der Waals surface area contributed by atoms with Crippen molar-refractivity contribution < 1.29 is 9.53 Å². The van der Waals surface area contributed by atoms with Gasteiger partial charge in [-0.15, -0.1) is 0 Å². The van der Waals surface area contributed by atoms with Crippen LogP contribution in [0.4, 0.5) is 0 Å². The molecule has 1 aliphatic heterocycles. The third-order valence-electron chi connectivity index (χ3n) is 10.9. The Labute approximate surface area is 314 Å². The molecule has 292 valence electrons. The fourth-order valence-electron chi connectivity index (χ4n) is 7.41. The lowest BCUT2D eigenvalue weighted by atomic mass is 9.93. The van der Waals surface area contributed by atoms with Crippen molar-refractivity contribution in [2.45, 2.75) is 258 Å². The van der Waals surface area contributed by atoms with Gasteiger partial charge in [-0.05, 0) is 76.7 Å². The standard InChI is InChI=1S/C48H88O2/c1-3-5-7-9-11-13-15-17-19-21-23-25-27-29-31-33-35-37-39-41-43-45-47-46(48(49)50-47)44-42-40-38-36-34-32-30-28-26-24-22-20-18-16-14-12-10-8-6-4-2/h21-24,45-46H,3-20,25-44H2,1-2H3/b23-21+,24-22+,47-45+. The van der Waals surface area contributed by atoms with Gasteiger partial charge in [0.05, 0.1) is 0 Å². The minimum absolute atomic E-state index is 0.0158. The average Bonchev–Trinajstić information content (AvgIpc) is 3.12. The third-order valence-corrected chi connectivity index (χ3v) is 10.9. The highest BCUT2D eigenvalue weighted by molar-refractivity contribution is 5.82. The minimum Gasteiger partial charge on any atom is -0.430 e. The largest absolute Gasteiger partial charge is 0.430 e. The number of esters is 1. The van der Waals surface area contributed by atoms with E-state index in [1.807, 2.05) is 0 Å². The first-order valence-electron chi connectivity index (χ1n) is 23.0. The van der Waals surface area contributed by atoms with Gasteiger partial charge in [-0.25, -0.2) is 0 Å². The predicted molar refractivity (Wildman–Crippen MR) is 223 cm³/mol. The lowest BCUT2D eigenvalue weighted by Gasteiger charge is -2.28. The summed E-state index contributed by atoms with van der Waals surface area (Å²) >= 11 is 0. The Morgan fingerprint density at radius 2 is 0.660 bits per heavy atom. The molecule has 0 aromatic rings. The maximum atomic E-state index is 12.0. The van der Waals surface area contributed by atoms with Crippen LogP contribution in [0.1, 0.15) is 258 Å². The third kappa shape index (κ3) is 31.4. The van der Waals surface area contributed by atoms with Crippen molar-refractivity contribution in [3.63, 3.8) is 0 Å². The first-order chi connectivity index (χ1) is 24.8. The van der Waals surface area contributed by atoms with Gasteiger partial charge in [0.2, 0.25) is 0 Å². The van der Waals surface area contributed by atoms with Crippen molar-refractivity contribution in [3.8, 4) is 0 Å². The number of unbranched alkanes of at least 4 members (excludes halogenated alkanes) is 33. The summed E-state index contributed by atoms with van der Waals surface area (Å²) in [7, 11) is 0. The van der Waals surface area contributed by atoms with Crippen LogP contribution in [0.3, 0.4) is 0 Å². The molecule has 0 saturated carbocycles. The van der Waals surface area contributed by atoms with Gasteiger partial charge in [0.25, 0.3) is 0 Å². The Hall–Kier alpha value is -1.31. The topological polar surface area (TPSA) is 26.3 Å². The maximum Gasteiger partial charge on any atom is 0.321 e. The molecule has 0 aromatic heterocycles. The molecule has 0 aromatic carbocycles. The number of ether oxygens (including phenoxy) is 1. The number of allylic oxidation sites excluding steroid dienone is 5. The normalized spacial score (nSPS) is 15.5. The molecule has 0 amide bonds. The number of carbonyl (C=O) groups excluding carboxylic acids is 1. The zero-order valence-electron chi connectivity index (χ0n) is 34.2. The van der Waals surface area contributed by atoms with E-state index in [0.29, 0.717) is 0 Å². The molecular formula is C48H88O2. The zero-order valence-corrected chi connectivity index (χ0v) is 34.2. The van der Waals surface area contributed by atoms with Crippen LogP contribution in [0.2, 0.25) is 0 Å². The Balaban J connectivity index is 1.82. The van der Waals surface area contributed by atoms with Gasteiger partial charge in [-0.3, -0.25) is 4.79 Å². The van der Waals surface area contributed by atoms with E-state index in [1.54, 1.807) is 0 Å². The summed E-state index contributed by atoms with van der Waals surface area (Å²) in [5, 5.41) is 0. The van der Waals surface area contributed by atoms with Gasteiger partial charge in [0.1, 0.15) is 11.7 Å². The monoisotopic (exact) mass is 697 g/mol. The Bertz CT molecular complexity index is 792. The first kappa shape index (κ1) is 46.7. The van der Waals surface area contributed by atoms with Crippen molar-refractivity contribution >= 4 is 5.97 Å². The van der Waals surface area contributed by atoms with E-state index in [-0.39, 0.29) is 11.9 Å². The summed E-state index contributed by atoms with van der Waals surface area (Å²) in [6, 6.07) is 0. The summed E-state index contributed by atoms with van der Waals surface area (Å²) in [4.78, 5) is 12.0. The number of rotatable bonds is 40. The van der Waals surface area contributed by atoms with E-state index in [9.17, 15) is 4.79 Å². The molecule has 2 nitrogen and oxygen atoms in total. The highest BCUT2D eigenvalue weighted by atomic mass is 16.6. The predicted octanol–water partition coefficient (Wildman–Crippen LogP) is 17.0. The van der Waals surface area contributed by atoms with Crippen LogP contribution < -0.4 is 0 Å². The van der Waals surface area contributed by atoms with Crippen molar-refractivity contribution in [1.29, 1.82) is 0 Å². The van der Waals surface area contributed by atoms with Crippen molar-refractivity contribution in [2.24, 2.45) is 5.92 Å². The lowest BCUT2D eigenvalue weighted by Crippen LogP contribution is -2.32. The fourth-order valence-corrected chi connectivity index (χ4v) is 7.41. The highest BCUT2D eigenvalue weighted by Crippen LogP contribution is 2.32. The molecule has 0 spiro atoms. The molecule has 0 radical (unpaired) electrons. The molecule has 0 aliphatic carbocycles. The smallest absolute Gasteiger partial charge is 0.321 e. The molecule has 1 heterocycles. The number of hydrogen-bond acceptors (Lipinski definition) is 2. The van der Waals surface area contributed by atoms with E-state index in [1.165, 1.54) is 225 Å². The van der Waals surface area contributed by atoms with Gasteiger partial charge in [0, 0.05) is 0 Å². The summed E-state index contributed by atoms with van der Waals surface area (Å²) in [6.45, 7) is 4.59. The molecular weight excluding hydrogens is 609 g/mol. The summed E-state index contributed by atoms with van der Waals surface area (Å²) < 4.78 is 5.40. The number of carbonyl (C=O) groups is 1. The lowest BCUT2D eigenvalue weighted by molar-refractivity contribution is -0.157. The highest BCUT2D eigenvalue weighted by Gasteiger charge is 2.36. The van der Waals surface area contributed by atoms with Gasteiger partial charge in [0.15, 0.2) is 0 Å². The van der Waals surface area contributed by atoms with Crippen molar-refractivity contribution in [2.75, 3.05) is 0 Å². The van der Waals surface area contributed by atoms with Crippen molar-refractivity contribution in [3.05, 3.63) is 36.1 Å². The van der Waals surface area contributed by atoms with E-state index >= 15 is 0 Å². The van der Waals surface area contributed by atoms with Gasteiger partial charge in [-0.1, -0.05) is 212 Å². The second kappa shape index (κ2) is 38.9. The summed E-state index contributed by atoms with van der Waals surface area (Å²) in [5.41, 5.74) is 0. The number of hydrogen-bond donors (Lipinski definition) is 0. The fraction of sp³-hybridized carbons (Fsp3) is 0.854. The SMILES string of the molecule is CCCCCCCCCC/C=C/CCCCCCCCCC/C=C1/OC(=O)C1CCCCCCCCCC/C=C/CCCCCCCCCC. The summed E-state index contributed by atoms with van der Waals surface area (Å²) in [6.07, 6.45) is 63.1. The van der Waals surface area contributed by atoms with E-state index in [4.69, 9.17) is 4.74 Å². The van der Waals surface area contributed by atoms with Crippen LogP contribution in [-0.2, 0) is 9.53 Å². The Morgan fingerprint density at radius 1 is 0.380 bits per heavy atom. The van der Waals surface area contributed by atoms with E-state index in [2.05, 4.69) is 44.2 Å². The first-order valence-corrected chi connectivity index (χ1v) is 23.0. The molecule has 1 aliphatic rings. The van der Waals surface area contributed by atoms with E-state index < -0.39 is 0 Å². The number of cyclic esters (lactones) is 1. The van der Waals surface area contributed by atoms with Gasteiger partial charge in [-0.2, -0.15) is 0 Å². The second-order valence-corrected chi connectivity index (χ2v) is 15.9. The molecule has 1 unspecified atom stereocenters. The van der Waals surface area contributed by atoms with Crippen LogP contribution in [0.25, 0.3) is 0 Å². The van der Waals surface area contributed by atoms with Crippen LogP contribution in [0, 0.1) is 5.92 Å². The Morgan fingerprint density at radius 3 is 0.980 bits per heavy atom. The van der Waals surface area contributed by atoms with Crippen LogP contribution in [0.5, 0.6) is 0 Å². The molecule has 0 bridgehead atoms. The summed E-state index contributed by atoms with van der Waals surface area (Å²) in [5.74, 6) is 1.06. The molecule has 1 saturated heterocycles. The molecule has 0 N–H and O–H groups in total. The zero-order chi connectivity index (χ0) is 35.8. The van der Waals surface area contributed by atoms with E-state index in [0.717, 1.165) is 25.0 Å². The molecule has 2 heteroatoms. The van der Waals surface area contributed by atoms with Crippen LogP contribution in [-0.4, -0.2) is 5.97 Å². The molecule has 50 heavy (non-hydrogen) atoms. The minimum atomic E-state index is 0.0158. The van der Waals surface area contributed by atoms with Crippen LogP contribution in [0.15, 0.2) is 36.1 Å². The molecule has 1 rings (SSSR count). The van der Waals surface area contributed by atoms with Crippen LogP contribution >= 0.6 is 0 Å². The molecule has 1 fully saturated rings. The Kier molecular flexibility index (Phi) is 36.4. The maximum absolute atomic E-state index is 12.0. The quantitative estimate of drug-likeness (QED) is 0.0362. The van der Waals surface area contributed by atoms with Gasteiger partial charge < -0.3 is 4.74 Å². The second-order valence-electron chi connectivity index (χ2n) is 15.9.